The molecule has 6 heteroatoms. The molecule has 6 nitrogen and oxygen atoms in total. The van der Waals surface area contributed by atoms with Crippen LogP contribution in [0, 0.1) is 5.92 Å². The number of H-pyrrole nitrogens is 1. The fraction of sp³-hybridized carbons (Fsp3) is 0.714. The predicted octanol–water partition coefficient (Wildman–Crippen LogP) is 0.274. The SMILES string of the molecule is CC(C)C(N)=NC(C)c1nn[nH]n1. The lowest BCUT2D eigenvalue weighted by atomic mass is 10.2. The minimum Gasteiger partial charge on any atom is -0.387 e. The maximum absolute atomic E-state index is 5.69. The van der Waals surface area contributed by atoms with Crippen molar-refractivity contribution >= 4 is 5.84 Å². The summed E-state index contributed by atoms with van der Waals surface area (Å²) >= 11 is 0. The van der Waals surface area contributed by atoms with Gasteiger partial charge in [-0.2, -0.15) is 5.21 Å². The molecular weight excluding hydrogens is 168 g/mol. The minimum atomic E-state index is -0.138. The van der Waals surface area contributed by atoms with Crippen molar-refractivity contribution < 1.29 is 0 Å². The van der Waals surface area contributed by atoms with Crippen LogP contribution in [0.25, 0.3) is 0 Å². The third kappa shape index (κ3) is 2.50. The highest BCUT2D eigenvalue weighted by molar-refractivity contribution is 5.82. The van der Waals surface area contributed by atoms with Gasteiger partial charge in [0.05, 0.1) is 5.84 Å². The molecule has 0 saturated heterocycles. The third-order valence-corrected chi connectivity index (χ3v) is 1.67. The lowest BCUT2D eigenvalue weighted by Crippen LogP contribution is -2.19. The van der Waals surface area contributed by atoms with Gasteiger partial charge in [0.15, 0.2) is 5.82 Å². The molecule has 0 fully saturated rings. The number of aliphatic imine (C=N–C) groups is 1. The summed E-state index contributed by atoms with van der Waals surface area (Å²) in [5.41, 5.74) is 5.69. The van der Waals surface area contributed by atoms with E-state index in [9.17, 15) is 0 Å². The number of rotatable bonds is 3. The van der Waals surface area contributed by atoms with E-state index in [-0.39, 0.29) is 12.0 Å². The Hall–Kier alpha value is -1.46. The van der Waals surface area contributed by atoms with Gasteiger partial charge >= 0.3 is 0 Å². The zero-order valence-corrected chi connectivity index (χ0v) is 8.02. The van der Waals surface area contributed by atoms with Gasteiger partial charge in [0.25, 0.3) is 0 Å². The normalized spacial score (nSPS) is 14.9. The van der Waals surface area contributed by atoms with Crippen molar-refractivity contribution in [3.8, 4) is 0 Å². The first-order valence-corrected chi connectivity index (χ1v) is 4.17. The van der Waals surface area contributed by atoms with Crippen molar-refractivity contribution in [1.82, 2.24) is 20.6 Å². The average Bonchev–Trinajstić information content (AvgIpc) is 2.55. The number of tetrazole rings is 1. The highest BCUT2D eigenvalue weighted by Gasteiger charge is 2.09. The van der Waals surface area contributed by atoms with Gasteiger partial charge in [-0.1, -0.05) is 19.1 Å². The molecule has 0 bridgehead atoms. The van der Waals surface area contributed by atoms with Crippen LogP contribution in [0.2, 0.25) is 0 Å². The van der Waals surface area contributed by atoms with Gasteiger partial charge in [0, 0.05) is 5.92 Å². The summed E-state index contributed by atoms with van der Waals surface area (Å²) in [5, 5.41) is 13.5. The van der Waals surface area contributed by atoms with Crippen molar-refractivity contribution in [2.45, 2.75) is 26.8 Å². The molecule has 1 heterocycles. The Labute approximate surface area is 76.6 Å². The molecule has 1 unspecified atom stereocenters. The number of hydrogen-bond donors (Lipinski definition) is 2. The highest BCUT2D eigenvalue weighted by Crippen LogP contribution is 2.10. The number of aromatic amines is 1. The summed E-state index contributed by atoms with van der Waals surface area (Å²) < 4.78 is 0. The van der Waals surface area contributed by atoms with Crippen molar-refractivity contribution in [2.24, 2.45) is 16.6 Å². The summed E-state index contributed by atoms with van der Waals surface area (Å²) in [6, 6.07) is -0.138. The number of aromatic nitrogens is 4. The van der Waals surface area contributed by atoms with Crippen molar-refractivity contribution in [3.05, 3.63) is 5.82 Å². The summed E-state index contributed by atoms with van der Waals surface area (Å²) in [7, 11) is 0. The lowest BCUT2D eigenvalue weighted by Gasteiger charge is -2.06. The van der Waals surface area contributed by atoms with Crippen LogP contribution >= 0.6 is 0 Å². The van der Waals surface area contributed by atoms with Crippen LogP contribution in [0.3, 0.4) is 0 Å². The van der Waals surface area contributed by atoms with Crippen LogP contribution in [0.15, 0.2) is 4.99 Å². The molecule has 1 aromatic heterocycles. The van der Waals surface area contributed by atoms with E-state index < -0.39 is 0 Å². The Bertz CT molecular complexity index is 275. The van der Waals surface area contributed by atoms with E-state index in [0.717, 1.165) is 0 Å². The molecule has 0 amide bonds. The van der Waals surface area contributed by atoms with Crippen LogP contribution in [0.4, 0.5) is 0 Å². The molecule has 0 radical (unpaired) electrons. The number of nitrogens with one attached hydrogen (secondary N) is 1. The quantitative estimate of drug-likeness (QED) is 0.518. The third-order valence-electron chi connectivity index (χ3n) is 1.67. The Balaban J connectivity index is 2.70. The first-order chi connectivity index (χ1) is 6.11. The Morgan fingerprint density at radius 1 is 1.46 bits per heavy atom. The monoisotopic (exact) mass is 182 g/mol. The second-order valence-electron chi connectivity index (χ2n) is 3.15. The Morgan fingerprint density at radius 3 is 2.62 bits per heavy atom. The van der Waals surface area contributed by atoms with Gasteiger partial charge in [-0.3, -0.25) is 4.99 Å². The summed E-state index contributed by atoms with van der Waals surface area (Å²) in [6.07, 6.45) is 0. The molecule has 0 aliphatic carbocycles. The molecule has 1 atom stereocenters. The van der Waals surface area contributed by atoms with Gasteiger partial charge in [-0.15, -0.1) is 10.2 Å². The van der Waals surface area contributed by atoms with E-state index in [1.54, 1.807) is 0 Å². The largest absolute Gasteiger partial charge is 0.387 e. The standard InChI is InChI=1S/C7H14N6/c1-4(2)6(8)9-5(3)7-10-12-13-11-7/h4-5H,1-3H3,(H2,8,9)(H,10,11,12,13). The second-order valence-corrected chi connectivity index (χ2v) is 3.15. The average molecular weight is 182 g/mol. The van der Waals surface area contributed by atoms with Gasteiger partial charge in [-0.25, -0.2) is 0 Å². The molecule has 72 valence electrons. The van der Waals surface area contributed by atoms with E-state index in [1.165, 1.54) is 0 Å². The molecule has 0 saturated carbocycles. The van der Waals surface area contributed by atoms with E-state index in [4.69, 9.17) is 5.73 Å². The van der Waals surface area contributed by atoms with Crippen molar-refractivity contribution in [1.29, 1.82) is 0 Å². The van der Waals surface area contributed by atoms with Gasteiger partial charge in [-0.05, 0) is 6.92 Å². The first-order valence-electron chi connectivity index (χ1n) is 4.17. The predicted molar refractivity (Wildman–Crippen MR) is 49.1 cm³/mol. The van der Waals surface area contributed by atoms with Crippen LogP contribution in [-0.2, 0) is 0 Å². The fourth-order valence-electron chi connectivity index (χ4n) is 0.777. The second kappa shape index (κ2) is 3.97. The van der Waals surface area contributed by atoms with Crippen molar-refractivity contribution in [3.63, 3.8) is 0 Å². The van der Waals surface area contributed by atoms with Gasteiger partial charge in [0.2, 0.25) is 0 Å². The Morgan fingerprint density at radius 2 is 2.15 bits per heavy atom. The zero-order valence-electron chi connectivity index (χ0n) is 8.02. The molecule has 13 heavy (non-hydrogen) atoms. The Kier molecular flexibility index (Phi) is 2.94. The number of nitrogens with zero attached hydrogens (tertiary/aromatic N) is 4. The molecule has 0 aliphatic heterocycles. The number of nitrogens with two attached hydrogens (primary N) is 1. The van der Waals surface area contributed by atoms with E-state index in [2.05, 4.69) is 25.6 Å². The smallest absolute Gasteiger partial charge is 0.198 e. The number of hydrogen-bond acceptors (Lipinski definition) is 4. The van der Waals surface area contributed by atoms with Crippen LogP contribution in [-0.4, -0.2) is 26.5 Å². The molecule has 1 rings (SSSR count). The van der Waals surface area contributed by atoms with Crippen LogP contribution < -0.4 is 5.73 Å². The van der Waals surface area contributed by atoms with E-state index in [0.29, 0.717) is 11.7 Å². The molecule has 0 aliphatic rings. The highest BCUT2D eigenvalue weighted by atomic mass is 15.5. The molecule has 3 N–H and O–H groups in total. The van der Waals surface area contributed by atoms with Gasteiger partial charge in [0.1, 0.15) is 6.04 Å². The van der Waals surface area contributed by atoms with Crippen LogP contribution in [0.1, 0.15) is 32.6 Å². The maximum Gasteiger partial charge on any atom is 0.198 e. The molecular formula is C7H14N6. The van der Waals surface area contributed by atoms with E-state index >= 15 is 0 Å². The molecule has 0 aromatic carbocycles. The number of amidine groups is 1. The fourth-order valence-corrected chi connectivity index (χ4v) is 0.777. The van der Waals surface area contributed by atoms with E-state index in [1.807, 2.05) is 20.8 Å². The van der Waals surface area contributed by atoms with Crippen molar-refractivity contribution in [2.75, 3.05) is 0 Å². The lowest BCUT2D eigenvalue weighted by molar-refractivity contribution is 0.726. The van der Waals surface area contributed by atoms with Gasteiger partial charge < -0.3 is 5.73 Å². The molecule has 1 aromatic rings. The minimum absolute atomic E-state index is 0.138. The summed E-state index contributed by atoms with van der Waals surface area (Å²) in [4.78, 5) is 4.23. The van der Waals surface area contributed by atoms with Crippen LogP contribution in [0.5, 0.6) is 0 Å². The zero-order chi connectivity index (χ0) is 9.84. The molecule has 0 spiro atoms. The topological polar surface area (TPSA) is 92.8 Å². The summed E-state index contributed by atoms with van der Waals surface area (Å²) in [5.74, 6) is 1.41. The first kappa shape index (κ1) is 9.63. The maximum atomic E-state index is 5.69. The summed E-state index contributed by atoms with van der Waals surface area (Å²) in [6.45, 7) is 5.85.